The molecular weight excluding hydrogens is 318 g/mol. The molecule has 6 fully saturated rings. The van der Waals surface area contributed by atoms with Crippen LogP contribution in [0.15, 0.2) is 12.7 Å². The molecule has 6 nitrogen and oxygen atoms in total. The molecular formula is C19H27N3O3. The summed E-state index contributed by atoms with van der Waals surface area (Å²) in [7, 11) is 0. The Kier molecular flexibility index (Phi) is 3.19. The van der Waals surface area contributed by atoms with Gasteiger partial charge in [-0.3, -0.25) is 4.68 Å². The van der Waals surface area contributed by atoms with Crippen molar-refractivity contribution in [1.82, 2.24) is 14.8 Å². The minimum Gasteiger partial charge on any atom is -0.312 e. The minimum atomic E-state index is -0.492. The summed E-state index contributed by atoms with van der Waals surface area (Å²) < 4.78 is 8.70. The fraction of sp³-hybridized carbons (Fsp3) is 0.895. The maximum Gasteiger partial charge on any atom is 0.210 e. The first kappa shape index (κ1) is 15.1. The third kappa shape index (κ3) is 2.26. The average molecular weight is 345 g/mol. The maximum absolute atomic E-state index is 6.76. The molecule has 1 aromatic rings. The lowest BCUT2D eigenvalue weighted by Gasteiger charge is -2.57. The molecule has 0 radical (unpaired) electrons. The van der Waals surface area contributed by atoms with Crippen LogP contribution in [0, 0.1) is 29.6 Å². The molecule has 0 aromatic carbocycles. The normalized spacial score (nSPS) is 51.0. The Morgan fingerprint density at radius 2 is 1.68 bits per heavy atom. The van der Waals surface area contributed by atoms with Crippen LogP contribution in [0.2, 0.25) is 0 Å². The molecule has 25 heavy (non-hydrogen) atoms. The zero-order chi connectivity index (χ0) is 16.5. The van der Waals surface area contributed by atoms with E-state index in [0.717, 1.165) is 44.1 Å². The molecule has 136 valence electrons. The van der Waals surface area contributed by atoms with Crippen LogP contribution in [-0.4, -0.2) is 26.3 Å². The van der Waals surface area contributed by atoms with Crippen molar-refractivity contribution in [2.45, 2.75) is 75.9 Å². The summed E-state index contributed by atoms with van der Waals surface area (Å²) in [4.78, 5) is 16.1. The van der Waals surface area contributed by atoms with Gasteiger partial charge >= 0.3 is 0 Å². The largest absolute Gasteiger partial charge is 0.312 e. The van der Waals surface area contributed by atoms with Gasteiger partial charge in [0.1, 0.15) is 12.7 Å². The zero-order valence-electron chi connectivity index (χ0n) is 14.7. The SMILES string of the molecule is c1ncn(CC2CCC3(CC2)OOC2(O3)C3CC4CC(C3)CC2C4)n1. The van der Waals surface area contributed by atoms with Gasteiger partial charge < -0.3 is 4.74 Å². The Balaban J connectivity index is 1.15. The topological polar surface area (TPSA) is 58.4 Å². The second kappa shape index (κ2) is 5.27. The number of nitrogens with zero attached hydrogens (tertiary/aromatic N) is 3. The summed E-state index contributed by atoms with van der Waals surface area (Å²) in [5, 5.41) is 4.24. The second-order valence-electron chi connectivity index (χ2n) is 9.27. The standard InChI is InChI=1S/C19H27N3O3/c1-3-18(4-2-13(1)10-22-12-20-11-21-22)23-19(25-24-18)16-6-14-5-15(8-16)9-17(19)7-14/h11-17H,1-10H2. The first-order valence-electron chi connectivity index (χ1n) is 10.1. The highest BCUT2D eigenvalue weighted by Crippen LogP contribution is 2.63. The molecule has 0 amide bonds. The highest BCUT2D eigenvalue weighted by atomic mass is 17.3. The van der Waals surface area contributed by atoms with Gasteiger partial charge in [-0.2, -0.15) is 14.9 Å². The second-order valence-corrected chi connectivity index (χ2v) is 9.27. The van der Waals surface area contributed by atoms with Crippen LogP contribution in [0.3, 0.4) is 0 Å². The van der Waals surface area contributed by atoms with Gasteiger partial charge in [0.05, 0.1) is 0 Å². The quantitative estimate of drug-likeness (QED) is 0.770. The van der Waals surface area contributed by atoms with E-state index in [0.29, 0.717) is 17.8 Å². The third-order valence-electron chi connectivity index (χ3n) is 7.72. The van der Waals surface area contributed by atoms with E-state index in [1.54, 1.807) is 12.7 Å². The van der Waals surface area contributed by atoms with Gasteiger partial charge in [-0.1, -0.05) is 0 Å². The van der Waals surface area contributed by atoms with E-state index in [1.165, 1.54) is 32.1 Å². The summed E-state index contributed by atoms with van der Waals surface area (Å²) in [5.41, 5.74) is 0. The molecule has 0 N–H and O–H groups in total. The van der Waals surface area contributed by atoms with Crippen LogP contribution in [0.1, 0.15) is 57.8 Å². The zero-order valence-corrected chi connectivity index (χ0v) is 14.7. The van der Waals surface area contributed by atoms with Gasteiger partial charge in [0.2, 0.25) is 11.6 Å². The third-order valence-corrected chi connectivity index (χ3v) is 7.72. The van der Waals surface area contributed by atoms with Crippen LogP contribution < -0.4 is 0 Å². The molecule has 6 aliphatic rings. The lowest BCUT2D eigenvalue weighted by atomic mass is 9.53. The van der Waals surface area contributed by atoms with Gasteiger partial charge in [-0.25, -0.2) is 4.98 Å². The lowest BCUT2D eigenvalue weighted by molar-refractivity contribution is -0.390. The van der Waals surface area contributed by atoms with Crippen molar-refractivity contribution in [2.24, 2.45) is 29.6 Å². The predicted molar refractivity (Wildman–Crippen MR) is 87.7 cm³/mol. The molecule has 0 unspecified atom stereocenters. The van der Waals surface area contributed by atoms with Crippen molar-refractivity contribution >= 4 is 0 Å². The molecule has 5 saturated carbocycles. The number of ether oxygens (including phenoxy) is 1. The van der Waals surface area contributed by atoms with Crippen molar-refractivity contribution in [2.75, 3.05) is 0 Å². The van der Waals surface area contributed by atoms with E-state index in [1.807, 2.05) is 4.68 Å². The van der Waals surface area contributed by atoms with Gasteiger partial charge in [0.25, 0.3) is 0 Å². The van der Waals surface area contributed by atoms with Crippen molar-refractivity contribution in [3.63, 3.8) is 0 Å². The van der Waals surface area contributed by atoms with Gasteiger partial charge in [-0.15, -0.1) is 0 Å². The number of aromatic nitrogens is 3. The fourth-order valence-electron chi connectivity index (χ4n) is 6.69. The lowest BCUT2D eigenvalue weighted by Crippen LogP contribution is -2.59. The van der Waals surface area contributed by atoms with Crippen LogP contribution in [-0.2, 0) is 21.1 Å². The Morgan fingerprint density at radius 3 is 2.32 bits per heavy atom. The van der Waals surface area contributed by atoms with Crippen LogP contribution in [0.25, 0.3) is 0 Å². The number of rotatable bonds is 2. The predicted octanol–water partition coefficient (Wildman–Crippen LogP) is 3.30. The molecule has 5 aliphatic carbocycles. The van der Waals surface area contributed by atoms with Gasteiger partial charge in [-0.05, 0) is 62.7 Å². The van der Waals surface area contributed by atoms with Crippen molar-refractivity contribution in [3.05, 3.63) is 12.7 Å². The molecule has 1 aliphatic heterocycles. The van der Waals surface area contributed by atoms with Crippen LogP contribution >= 0.6 is 0 Å². The molecule has 1 saturated heterocycles. The smallest absolute Gasteiger partial charge is 0.210 e. The molecule has 4 bridgehead atoms. The van der Waals surface area contributed by atoms with E-state index >= 15 is 0 Å². The Labute approximate surface area is 148 Å². The van der Waals surface area contributed by atoms with Crippen molar-refractivity contribution in [3.8, 4) is 0 Å². The van der Waals surface area contributed by atoms with E-state index in [2.05, 4.69) is 10.1 Å². The number of hydrogen-bond donors (Lipinski definition) is 0. The van der Waals surface area contributed by atoms with Gasteiger partial charge in [0.15, 0.2) is 0 Å². The summed E-state index contributed by atoms with van der Waals surface area (Å²) >= 11 is 0. The number of hydrogen-bond acceptors (Lipinski definition) is 5. The summed E-state index contributed by atoms with van der Waals surface area (Å²) in [6, 6.07) is 0. The molecule has 7 rings (SSSR count). The van der Waals surface area contributed by atoms with Crippen molar-refractivity contribution in [1.29, 1.82) is 0 Å². The molecule has 2 heterocycles. The van der Waals surface area contributed by atoms with E-state index in [-0.39, 0.29) is 0 Å². The highest BCUT2D eigenvalue weighted by Gasteiger charge is 2.66. The summed E-state index contributed by atoms with van der Waals surface area (Å²) in [6.45, 7) is 0.941. The molecule has 6 heteroatoms. The van der Waals surface area contributed by atoms with Crippen LogP contribution in [0.5, 0.6) is 0 Å². The Hall–Kier alpha value is -0.980. The maximum atomic E-state index is 6.76. The van der Waals surface area contributed by atoms with E-state index in [4.69, 9.17) is 14.5 Å². The molecule has 0 atom stereocenters. The summed E-state index contributed by atoms with van der Waals surface area (Å²) in [6.07, 6.45) is 14.0. The Morgan fingerprint density at radius 1 is 0.960 bits per heavy atom. The van der Waals surface area contributed by atoms with Crippen molar-refractivity contribution < 1.29 is 14.5 Å². The summed E-state index contributed by atoms with van der Waals surface area (Å²) in [5.74, 6) is 2.63. The van der Waals surface area contributed by atoms with Crippen LogP contribution in [0.4, 0.5) is 0 Å². The highest BCUT2D eigenvalue weighted by molar-refractivity contribution is 5.05. The fourth-order valence-corrected chi connectivity index (χ4v) is 6.69. The molecule has 2 spiro atoms. The Bertz CT molecular complexity index is 610. The van der Waals surface area contributed by atoms with E-state index in [9.17, 15) is 0 Å². The monoisotopic (exact) mass is 345 g/mol. The van der Waals surface area contributed by atoms with E-state index < -0.39 is 11.6 Å². The molecule has 1 aromatic heterocycles. The van der Waals surface area contributed by atoms with Gasteiger partial charge in [0, 0.05) is 31.2 Å². The minimum absolute atomic E-state index is 0.424. The first-order chi connectivity index (χ1) is 12.2. The average Bonchev–Trinajstić information content (AvgIpc) is 3.24. The first-order valence-corrected chi connectivity index (χ1v) is 10.1.